The van der Waals surface area contributed by atoms with Gasteiger partial charge in [0.1, 0.15) is 0 Å². The summed E-state index contributed by atoms with van der Waals surface area (Å²) < 4.78 is 0. The largest absolute Gasteiger partial charge is 0.290 e. The molecule has 0 aliphatic rings. The van der Waals surface area contributed by atoms with Gasteiger partial charge in [-0.1, -0.05) is 51.7 Å². The van der Waals surface area contributed by atoms with Crippen LogP contribution in [0.2, 0.25) is 0 Å². The van der Waals surface area contributed by atoms with E-state index >= 15 is 0 Å². The lowest BCUT2D eigenvalue weighted by atomic mass is 10.2. The lowest BCUT2D eigenvalue weighted by Gasteiger charge is -1.88. The highest BCUT2D eigenvalue weighted by atomic mass is 16.1. The van der Waals surface area contributed by atoms with Gasteiger partial charge in [0, 0.05) is 0 Å². The van der Waals surface area contributed by atoms with Gasteiger partial charge in [0.05, 0.1) is 0 Å². The zero-order valence-electron chi connectivity index (χ0n) is 9.46. The molecule has 0 radical (unpaired) electrons. The summed E-state index contributed by atoms with van der Waals surface area (Å²) in [4.78, 5) is 11.2. The number of ketones is 1. The highest BCUT2D eigenvalue weighted by Crippen LogP contribution is 1.97. The van der Waals surface area contributed by atoms with Crippen LogP contribution >= 0.6 is 0 Å². The smallest absolute Gasteiger partial charge is 0.177 e. The number of carbonyl (C=O) groups excluding carboxylic acids is 1. The second-order valence-electron chi connectivity index (χ2n) is 3.49. The van der Waals surface area contributed by atoms with Crippen LogP contribution in [0.4, 0.5) is 0 Å². The summed E-state index contributed by atoms with van der Waals surface area (Å²) in [6, 6.07) is 0. The lowest BCUT2D eigenvalue weighted by molar-refractivity contribution is -0.110. The molecule has 1 heteroatoms. The van der Waals surface area contributed by atoms with Gasteiger partial charge in [-0.15, -0.1) is 0 Å². The van der Waals surface area contributed by atoms with E-state index in [4.69, 9.17) is 0 Å². The summed E-state index contributed by atoms with van der Waals surface area (Å²) >= 11 is 0. The third-order valence-corrected chi connectivity index (χ3v) is 2.01. The maximum Gasteiger partial charge on any atom is 0.177 e. The molecule has 0 aromatic heterocycles. The van der Waals surface area contributed by atoms with Crippen LogP contribution in [-0.4, -0.2) is 5.78 Å². The van der Waals surface area contributed by atoms with Crippen molar-refractivity contribution >= 4 is 5.78 Å². The van der Waals surface area contributed by atoms with E-state index < -0.39 is 0 Å². The normalized spacial score (nSPS) is 11.6. The molecule has 0 aliphatic heterocycles. The maximum absolute atomic E-state index is 11.2. The fourth-order valence-electron chi connectivity index (χ4n) is 1.10. The number of carbonyl (C=O) groups is 1. The van der Waals surface area contributed by atoms with Gasteiger partial charge in [-0.3, -0.25) is 4.79 Å². The predicted molar refractivity (Wildman–Crippen MR) is 62.3 cm³/mol. The van der Waals surface area contributed by atoms with E-state index in [9.17, 15) is 4.79 Å². The lowest BCUT2D eigenvalue weighted by Crippen LogP contribution is -1.84. The van der Waals surface area contributed by atoms with E-state index in [2.05, 4.69) is 13.8 Å². The summed E-state index contributed by atoms with van der Waals surface area (Å²) in [5.74, 6) is 0.122. The Labute approximate surface area is 87.9 Å². The van der Waals surface area contributed by atoms with E-state index in [1.54, 1.807) is 12.2 Å². The van der Waals surface area contributed by atoms with Crippen molar-refractivity contribution in [1.29, 1.82) is 0 Å². The van der Waals surface area contributed by atoms with E-state index in [1.165, 1.54) is 25.7 Å². The van der Waals surface area contributed by atoms with Crippen LogP contribution < -0.4 is 0 Å². The summed E-state index contributed by atoms with van der Waals surface area (Å²) in [7, 11) is 0. The minimum atomic E-state index is 0.122. The molecular formula is C13H22O. The molecule has 0 amide bonds. The molecule has 0 atom stereocenters. The molecule has 0 aromatic carbocycles. The number of rotatable bonds is 8. The Morgan fingerprint density at radius 1 is 0.929 bits per heavy atom. The Bertz CT molecular complexity index is 169. The third kappa shape index (κ3) is 9.24. The number of hydrogen-bond donors (Lipinski definition) is 0. The van der Waals surface area contributed by atoms with Gasteiger partial charge in [-0.2, -0.15) is 0 Å². The highest BCUT2D eigenvalue weighted by molar-refractivity contribution is 5.99. The first kappa shape index (κ1) is 13.2. The van der Waals surface area contributed by atoms with Crippen LogP contribution in [0.3, 0.4) is 0 Å². The van der Waals surface area contributed by atoms with Crippen molar-refractivity contribution in [2.45, 2.75) is 52.4 Å². The van der Waals surface area contributed by atoms with Crippen LogP contribution in [0.25, 0.3) is 0 Å². The fraction of sp³-hybridized carbons (Fsp3) is 0.615. The standard InChI is InChI=1S/C13H22O/c1-3-5-7-9-11-13(14)12-10-8-6-4-2/h9-12H,3-8H2,1-2H3. The molecule has 0 aromatic rings. The molecule has 0 aliphatic carbocycles. The molecule has 14 heavy (non-hydrogen) atoms. The van der Waals surface area contributed by atoms with Gasteiger partial charge in [-0.25, -0.2) is 0 Å². The van der Waals surface area contributed by atoms with Gasteiger partial charge in [0.25, 0.3) is 0 Å². The van der Waals surface area contributed by atoms with Crippen LogP contribution in [0, 0.1) is 0 Å². The Morgan fingerprint density at radius 3 is 1.71 bits per heavy atom. The summed E-state index contributed by atoms with van der Waals surface area (Å²) in [6.45, 7) is 4.31. The molecule has 0 spiro atoms. The Morgan fingerprint density at radius 2 is 1.36 bits per heavy atom. The van der Waals surface area contributed by atoms with Crippen molar-refractivity contribution in [2.24, 2.45) is 0 Å². The van der Waals surface area contributed by atoms with E-state index in [1.807, 2.05) is 12.2 Å². The first-order chi connectivity index (χ1) is 6.81. The Balaban J connectivity index is 3.53. The molecular weight excluding hydrogens is 172 g/mol. The van der Waals surface area contributed by atoms with Gasteiger partial charge in [0.15, 0.2) is 5.78 Å². The summed E-state index contributed by atoms with van der Waals surface area (Å²) in [5, 5.41) is 0. The van der Waals surface area contributed by atoms with Crippen LogP contribution in [0.1, 0.15) is 52.4 Å². The monoisotopic (exact) mass is 194 g/mol. The second kappa shape index (κ2) is 10.2. The predicted octanol–water partition coefficient (Wildman–Crippen LogP) is 4.05. The molecule has 0 unspecified atom stereocenters. The molecule has 1 nitrogen and oxygen atoms in total. The summed E-state index contributed by atoms with van der Waals surface area (Å²) in [6.07, 6.45) is 14.0. The van der Waals surface area contributed by atoms with Crippen LogP contribution in [-0.2, 0) is 4.79 Å². The number of hydrogen-bond acceptors (Lipinski definition) is 1. The molecule has 80 valence electrons. The molecule has 0 heterocycles. The average molecular weight is 194 g/mol. The van der Waals surface area contributed by atoms with Gasteiger partial charge < -0.3 is 0 Å². The molecule has 0 bridgehead atoms. The minimum absolute atomic E-state index is 0.122. The van der Waals surface area contributed by atoms with Crippen molar-refractivity contribution < 1.29 is 4.79 Å². The number of allylic oxidation sites excluding steroid dienone is 4. The van der Waals surface area contributed by atoms with Crippen LogP contribution in [0.5, 0.6) is 0 Å². The highest BCUT2D eigenvalue weighted by Gasteiger charge is 1.87. The van der Waals surface area contributed by atoms with Crippen molar-refractivity contribution in [3.05, 3.63) is 24.3 Å². The van der Waals surface area contributed by atoms with Crippen molar-refractivity contribution in [2.75, 3.05) is 0 Å². The average Bonchev–Trinajstić information content (AvgIpc) is 2.19. The van der Waals surface area contributed by atoms with Gasteiger partial charge in [0.2, 0.25) is 0 Å². The number of unbranched alkanes of at least 4 members (excludes halogenated alkanes) is 4. The van der Waals surface area contributed by atoms with E-state index in [-0.39, 0.29) is 5.78 Å². The first-order valence-corrected chi connectivity index (χ1v) is 5.68. The zero-order chi connectivity index (χ0) is 10.6. The quantitative estimate of drug-likeness (QED) is 0.421. The second-order valence-corrected chi connectivity index (χ2v) is 3.49. The van der Waals surface area contributed by atoms with Crippen molar-refractivity contribution in [3.8, 4) is 0 Å². The fourth-order valence-corrected chi connectivity index (χ4v) is 1.10. The first-order valence-electron chi connectivity index (χ1n) is 5.68. The molecule has 0 rings (SSSR count). The van der Waals surface area contributed by atoms with Crippen molar-refractivity contribution in [1.82, 2.24) is 0 Å². The molecule has 0 saturated carbocycles. The SMILES string of the molecule is CCCCC=CC(=O)C=CCCCC. The van der Waals surface area contributed by atoms with Crippen LogP contribution in [0.15, 0.2) is 24.3 Å². The van der Waals surface area contributed by atoms with Gasteiger partial charge >= 0.3 is 0 Å². The minimum Gasteiger partial charge on any atom is -0.290 e. The van der Waals surface area contributed by atoms with E-state index in [0.29, 0.717) is 0 Å². The molecule has 0 fully saturated rings. The molecule has 0 saturated heterocycles. The summed E-state index contributed by atoms with van der Waals surface area (Å²) in [5.41, 5.74) is 0. The maximum atomic E-state index is 11.2. The van der Waals surface area contributed by atoms with E-state index in [0.717, 1.165) is 12.8 Å². The third-order valence-electron chi connectivity index (χ3n) is 2.01. The van der Waals surface area contributed by atoms with Gasteiger partial charge in [-0.05, 0) is 25.0 Å². The Hall–Kier alpha value is -0.850. The topological polar surface area (TPSA) is 17.1 Å². The molecule has 0 N–H and O–H groups in total. The van der Waals surface area contributed by atoms with Crippen molar-refractivity contribution in [3.63, 3.8) is 0 Å². The Kier molecular flexibility index (Phi) is 9.61. The zero-order valence-corrected chi connectivity index (χ0v) is 9.46.